The lowest BCUT2D eigenvalue weighted by atomic mass is 10.1. The molecule has 0 bridgehead atoms. The summed E-state index contributed by atoms with van der Waals surface area (Å²) in [5, 5.41) is 22.6. The lowest BCUT2D eigenvalue weighted by molar-refractivity contribution is -0.384. The zero-order valence-corrected chi connectivity index (χ0v) is 9.77. The van der Waals surface area contributed by atoms with E-state index in [1.807, 2.05) is 0 Å². The van der Waals surface area contributed by atoms with Crippen LogP contribution in [0.4, 0.5) is 11.4 Å². The second-order valence-corrected chi connectivity index (χ2v) is 3.69. The number of aliphatic hydroxyl groups excluding tert-OH is 1. The van der Waals surface area contributed by atoms with Gasteiger partial charge in [0.1, 0.15) is 5.69 Å². The molecule has 1 rings (SSSR count). The Kier molecular flexibility index (Phi) is 4.42. The highest BCUT2D eigenvalue weighted by molar-refractivity contribution is 6.18. The molecule has 0 saturated carbocycles. The Morgan fingerprint density at radius 3 is 2.76 bits per heavy atom. The van der Waals surface area contributed by atoms with E-state index in [2.05, 4.69) is 5.32 Å². The Labute approximate surface area is 102 Å². The first kappa shape index (κ1) is 13.4. The Morgan fingerprint density at radius 1 is 1.65 bits per heavy atom. The number of rotatable bonds is 4. The summed E-state index contributed by atoms with van der Waals surface area (Å²) in [5.41, 5.74) is 0.149. The first-order chi connectivity index (χ1) is 7.95. The maximum absolute atomic E-state index is 10.9. The summed E-state index contributed by atoms with van der Waals surface area (Å²) < 4.78 is 0. The number of hydrogen-bond donors (Lipinski definition) is 2. The van der Waals surface area contributed by atoms with Crippen LogP contribution in [0.25, 0.3) is 0 Å². The van der Waals surface area contributed by atoms with Gasteiger partial charge in [0.05, 0.1) is 16.9 Å². The number of nitro benzene ring substituents is 1. The maximum atomic E-state index is 10.9. The van der Waals surface area contributed by atoms with Gasteiger partial charge in [-0.25, -0.2) is 0 Å². The Hall–Kier alpha value is -1.66. The Bertz CT molecular complexity index is 450. The van der Waals surface area contributed by atoms with Gasteiger partial charge in [-0.3, -0.25) is 14.9 Å². The molecule has 0 fully saturated rings. The van der Waals surface area contributed by atoms with Crippen LogP contribution in [-0.4, -0.2) is 21.8 Å². The number of carbonyl (C=O) groups excluding carboxylic acids is 1. The zero-order valence-electron chi connectivity index (χ0n) is 9.01. The first-order valence-corrected chi connectivity index (χ1v) is 5.29. The van der Waals surface area contributed by atoms with Crippen LogP contribution in [0.3, 0.4) is 0 Å². The van der Waals surface area contributed by atoms with Crippen LogP contribution in [0.1, 0.15) is 18.6 Å². The van der Waals surface area contributed by atoms with Crippen LogP contribution in [0.15, 0.2) is 18.2 Å². The van der Waals surface area contributed by atoms with Crippen molar-refractivity contribution in [1.82, 2.24) is 0 Å². The summed E-state index contributed by atoms with van der Waals surface area (Å²) in [4.78, 5) is 21.0. The number of amides is 1. The molecule has 2 N–H and O–H groups in total. The third-order valence-electron chi connectivity index (χ3n) is 2.06. The number of aliphatic hydroxyl groups is 1. The highest BCUT2D eigenvalue weighted by atomic mass is 35.5. The maximum Gasteiger partial charge on any atom is 0.293 e. The molecule has 0 heterocycles. The van der Waals surface area contributed by atoms with Crippen molar-refractivity contribution in [2.45, 2.75) is 13.0 Å². The van der Waals surface area contributed by atoms with Crippen molar-refractivity contribution in [3.63, 3.8) is 0 Å². The van der Waals surface area contributed by atoms with Crippen molar-refractivity contribution >= 4 is 28.9 Å². The molecule has 0 unspecified atom stereocenters. The van der Waals surface area contributed by atoms with Crippen molar-refractivity contribution < 1.29 is 14.8 Å². The van der Waals surface area contributed by atoms with Gasteiger partial charge in [0.25, 0.3) is 5.69 Å². The zero-order chi connectivity index (χ0) is 13.0. The van der Waals surface area contributed by atoms with E-state index in [1.54, 1.807) is 0 Å². The molecule has 17 heavy (non-hydrogen) atoms. The molecular weight excluding hydrogens is 248 g/mol. The van der Waals surface area contributed by atoms with Crippen molar-refractivity contribution in [3.8, 4) is 0 Å². The second-order valence-electron chi connectivity index (χ2n) is 3.38. The lowest BCUT2D eigenvalue weighted by Gasteiger charge is -2.09. The summed E-state index contributed by atoms with van der Waals surface area (Å²) >= 11 is 5.45. The molecule has 0 aliphatic carbocycles. The minimum Gasteiger partial charge on any atom is -0.387 e. The molecule has 1 aromatic rings. The number of hydrogen-bond acceptors (Lipinski definition) is 4. The smallest absolute Gasteiger partial charge is 0.293 e. The largest absolute Gasteiger partial charge is 0.387 e. The van der Waals surface area contributed by atoms with E-state index in [9.17, 15) is 20.0 Å². The normalized spacial score (nSPS) is 11.9. The standard InChI is InChI=1S/C10H11ClN2O4/c1-6(14)12-8-3-2-7(10(15)5-11)4-9(8)13(16)17/h2-4,10,15H,5H2,1H3,(H,12,14)/t10-/m0/s1. The number of carbonyl (C=O) groups is 1. The Morgan fingerprint density at radius 2 is 2.29 bits per heavy atom. The van der Waals surface area contributed by atoms with Crippen LogP contribution in [0.2, 0.25) is 0 Å². The molecule has 0 spiro atoms. The van der Waals surface area contributed by atoms with E-state index in [0.717, 1.165) is 0 Å². The number of nitrogens with zero attached hydrogens (tertiary/aromatic N) is 1. The van der Waals surface area contributed by atoms with Crippen molar-refractivity contribution in [1.29, 1.82) is 0 Å². The molecule has 0 aliphatic heterocycles. The van der Waals surface area contributed by atoms with Crippen molar-refractivity contribution in [2.24, 2.45) is 0 Å². The van der Waals surface area contributed by atoms with Gasteiger partial charge in [-0.05, 0) is 11.6 Å². The van der Waals surface area contributed by atoms with Gasteiger partial charge in [-0.15, -0.1) is 11.6 Å². The van der Waals surface area contributed by atoms with E-state index in [0.29, 0.717) is 5.56 Å². The molecule has 7 heteroatoms. The quantitative estimate of drug-likeness (QED) is 0.489. The molecular formula is C10H11ClN2O4. The van der Waals surface area contributed by atoms with Gasteiger partial charge in [-0.2, -0.15) is 0 Å². The molecule has 0 saturated heterocycles. The van der Waals surface area contributed by atoms with E-state index >= 15 is 0 Å². The minimum absolute atomic E-state index is 0.0589. The molecule has 0 aromatic heterocycles. The van der Waals surface area contributed by atoms with Crippen LogP contribution >= 0.6 is 11.6 Å². The number of halogens is 1. The number of alkyl halides is 1. The number of nitro groups is 1. The van der Waals surface area contributed by atoms with E-state index < -0.39 is 16.9 Å². The monoisotopic (exact) mass is 258 g/mol. The number of nitrogens with one attached hydrogen (secondary N) is 1. The van der Waals surface area contributed by atoms with Crippen molar-refractivity contribution in [2.75, 3.05) is 11.2 Å². The van der Waals surface area contributed by atoms with E-state index in [4.69, 9.17) is 11.6 Å². The second kappa shape index (κ2) is 5.60. The summed E-state index contributed by atoms with van der Waals surface area (Å²) in [6, 6.07) is 4.04. The predicted molar refractivity (Wildman–Crippen MR) is 63.1 cm³/mol. The third-order valence-corrected chi connectivity index (χ3v) is 2.35. The van der Waals surface area contributed by atoms with Gasteiger partial charge in [-0.1, -0.05) is 6.07 Å². The SMILES string of the molecule is CC(=O)Nc1ccc([C@@H](O)CCl)cc1[N+](=O)[O-]. The third kappa shape index (κ3) is 3.40. The molecule has 1 atom stereocenters. The molecule has 1 aromatic carbocycles. The molecule has 92 valence electrons. The van der Waals surface area contributed by atoms with Crippen molar-refractivity contribution in [3.05, 3.63) is 33.9 Å². The highest BCUT2D eigenvalue weighted by Crippen LogP contribution is 2.28. The fourth-order valence-corrected chi connectivity index (χ4v) is 1.47. The number of anilines is 1. The summed E-state index contributed by atoms with van der Waals surface area (Å²) in [6.45, 7) is 1.26. The highest BCUT2D eigenvalue weighted by Gasteiger charge is 2.18. The van der Waals surface area contributed by atoms with Gasteiger partial charge in [0.15, 0.2) is 0 Å². The molecule has 1 amide bonds. The number of benzene rings is 1. The van der Waals surface area contributed by atoms with Crippen LogP contribution in [0.5, 0.6) is 0 Å². The summed E-state index contributed by atoms with van der Waals surface area (Å²) in [7, 11) is 0. The molecule has 6 nitrogen and oxygen atoms in total. The van der Waals surface area contributed by atoms with E-state index in [1.165, 1.54) is 25.1 Å². The minimum atomic E-state index is -0.971. The Balaban J connectivity index is 3.17. The first-order valence-electron chi connectivity index (χ1n) is 4.75. The lowest BCUT2D eigenvalue weighted by Crippen LogP contribution is -2.09. The average Bonchev–Trinajstić information content (AvgIpc) is 2.27. The molecule has 0 aliphatic rings. The van der Waals surface area contributed by atoms with Gasteiger partial charge in [0, 0.05) is 13.0 Å². The van der Waals surface area contributed by atoms with Gasteiger partial charge < -0.3 is 10.4 Å². The van der Waals surface area contributed by atoms with E-state index in [-0.39, 0.29) is 17.3 Å². The average molecular weight is 259 g/mol. The van der Waals surface area contributed by atoms with Crippen LogP contribution in [0, 0.1) is 10.1 Å². The fraction of sp³-hybridized carbons (Fsp3) is 0.300. The topological polar surface area (TPSA) is 92.5 Å². The summed E-state index contributed by atoms with van der Waals surface area (Å²) in [6.07, 6.45) is -0.971. The summed E-state index contributed by atoms with van der Waals surface area (Å²) in [5.74, 6) is -0.463. The van der Waals surface area contributed by atoms with Gasteiger partial charge >= 0.3 is 0 Å². The van der Waals surface area contributed by atoms with Gasteiger partial charge in [0.2, 0.25) is 5.91 Å². The fourth-order valence-electron chi connectivity index (χ4n) is 1.29. The predicted octanol–water partition coefficient (Wildman–Crippen LogP) is 1.83. The van der Waals surface area contributed by atoms with Crippen LogP contribution < -0.4 is 5.32 Å². The molecule has 0 radical (unpaired) electrons. The van der Waals surface area contributed by atoms with Crippen LogP contribution in [-0.2, 0) is 4.79 Å².